The number of hydrogen-bond acceptors (Lipinski definition) is 6. The Labute approximate surface area is 195 Å². The standard InChI is InChI=1S/C25H21ClN2O5/c1-32-18-6-3-16(4-7-18)22-21(23(29)19-13-17(26)5-8-20(19)33-2)24(30)25(31)28(22)14-15-9-11-27-12-10-15/h3-13,22,29H,14H2,1-2H3/b23-21+. The first-order valence-corrected chi connectivity index (χ1v) is 10.5. The van der Waals surface area contributed by atoms with Crippen molar-refractivity contribution in [2.75, 3.05) is 14.2 Å². The molecule has 0 radical (unpaired) electrons. The Kier molecular flexibility index (Phi) is 6.33. The molecule has 1 saturated heterocycles. The first-order chi connectivity index (χ1) is 15.9. The highest BCUT2D eigenvalue weighted by Gasteiger charge is 2.46. The molecule has 2 heterocycles. The highest BCUT2D eigenvalue weighted by molar-refractivity contribution is 6.46. The number of aliphatic hydroxyl groups is 1. The van der Waals surface area contributed by atoms with Gasteiger partial charge in [0.05, 0.1) is 31.4 Å². The molecule has 1 aliphatic heterocycles. The Morgan fingerprint density at radius 3 is 2.36 bits per heavy atom. The van der Waals surface area contributed by atoms with Crippen molar-refractivity contribution in [1.82, 2.24) is 9.88 Å². The van der Waals surface area contributed by atoms with Crippen molar-refractivity contribution in [2.45, 2.75) is 12.6 Å². The smallest absolute Gasteiger partial charge is 0.295 e. The summed E-state index contributed by atoms with van der Waals surface area (Å²) in [7, 11) is 3.00. The van der Waals surface area contributed by atoms with Crippen LogP contribution in [0.3, 0.4) is 0 Å². The molecule has 4 rings (SSSR count). The Morgan fingerprint density at radius 1 is 1.03 bits per heavy atom. The number of carbonyl (C=O) groups excluding carboxylic acids is 2. The second-order valence-corrected chi connectivity index (χ2v) is 7.84. The molecule has 1 amide bonds. The third kappa shape index (κ3) is 4.27. The third-order valence-electron chi connectivity index (χ3n) is 5.49. The SMILES string of the molecule is COc1ccc(C2/C(=C(\O)c3cc(Cl)ccc3OC)C(=O)C(=O)N2Cc2ccncc2)cc1. The van der Waals surface area contributed by atoms with Crippen LogP contribution in [0, 0.1) is 0 Å². The summed E-state index contributed by atoms with van der Waals surface area (Å²) in [5.74, 6) is -0.905. The topological polar surface area (TPSA) is 89.0 Å². The van der Waals surface area contributed by atoms with Crippen molar-refractivity contribution < 1.29 is 24.2 Å². The van der Waals surface area contributed by atoms with Gasteiger partial charge in [0, 0.05) is 24.0 Å². The fourth-order valence-corrected chi connectivity index (χ4v) is 4.04. The van der Waals surface area contributed by atoms with E-state index >= 15 is 0 Å². The molecule has 1 unspecified atom stereocenters. The van der Waals surface area contributed by atoms with E-state index in [-0.39, 0.29) is 23.4 Å². The van der Waals surface area contributed by atoms with Crippen LogP contribution < -0.4 is 9.47 Å². The number of ether oxygens (including phenoxy) is 2. The van der Waals surface area contributed by atoms with E-state index in [4.69, 9.17) is 21.1 Å². The molecule has 1 aromatic heterocycles. The predicted molar refractivity (Wildman–Crippen MR) is 123 cm³/mol. The van der Waals surface area contributed by atoms with E-state index in [0.29, 0.717) is 22.1 Å². The van der Waals surface area contributed by atoms with Gasteiger partial charge in [0.15, 0.2) is 0 Å². The van der Waals surface area contributed by atoms with E-state index in [1.54, 1.807) is 68.0 Å². The van der Waals surface area contributed by atoms with Gasteiger partial charge >= 0.3 is 0 Å². The Balaban J connectivity index is 1.90. The molecule has 0 aliphatic carbocycles. The number of carbonyl (C=O) groups is 2. The molecule has 1 atom stereocenters. The first-order valence-electron chi connectivity index (χ1n) is 10.1. The summed E-state index contributed by atoms with van der Waals surface area (Å²) in [6, 6.07) is 14.4. The largest absolute Gasteiger partial charge is 0.507 e. The van der Waals surface area contributed by atoms with Crippen molar-refractivity contribution >= 4 is 29.1 Å². The molecular formula is C25H21ClN2O5. The minimum atomic E-state index is -0.826. The van der Waals surface area contributed by atoms with Crippen LogP contribution in [-0.2, 0) is 16.1 Å². The average molecular weight is 465 g/mol. The number of methoxy groups -OCH3 is 2. The Hall–Kier alpha value is -3.84. The summed E-state index contributed by atoms with van der Waals surface area (Å²) in [6.45, 7) is 0.160. The molecule has 2 aromatic carbocycles. The van der Waals surface area contributed by atoms with Crippen LogP contribution in [0.1, 0.15) is 22.7 Å². The second kappa shape index (κ2) is 9.34. The highest BCUT2D eigenvalue weighted by Crippen LogP contribution is 2.42. The van der Waals surface area contributed by atoms with Gasteiger partial charge in [0.25, 0.3) is 11.7 Å². The molecule has 0 bridgehead atoms. The van der Waals surface area contributed by atoms with Crippen molar-refractivity contribution in [3.8, 4) is 11.5 Å². The highest BCUT2D eigenvalue weighted by atomic mass is 35.5. The van der Waals surface area contributed by atoms with Gasteiger partial charge in [-0.05, 0) is 53.6 Å². The number of hydrogen-bond donors (Lipinski definition) is 1. The molecule has 1 fully saturated rings. The molecule has 7 nitrogen and oxygen atoms in total. The second-order valence-electron chi connectivity index (χ2n) is 7.40. The van der Waals surface area contributed by atoms with Gasteiger partial charge < -0.3 is 19.5 Å². The van der Waals surface area contributed by atoms with Crippen molar-refractivity contribution in [3.05, 3.63) is 94.3 Å². The average Bonchev–Trinajstić information content (AvgIpc) is 3.09. The molecule has 33 heavy (non-hydrogen) atoms. The summed E-state index contributed by atoms with van der Waals surface area (Å²) < 4.78 is 10.6. The van der Waals surface area contributed by atoms with Gasteiger partial charge in [-0.3, -0.25) is 14.6 Å². The van der Waals surface area contributed by atoms with Crippen LogP contribution in [0.5, 0.6) is 11.5 Å². The van der Waals surface area contributed by atoms with Gasteiger partial charge in [0.1, 0.15) is 17.3 Å². The molecular weight excluding hydrogens is 444 g/mol. The fourth-order valence-electron chi connectivity index (χ4n) is 3.87. The van der Waals surface area contributed by atoms with Crippen LogP contribution >= 0.6 is 11.6 Å². The zero-order valence-corrected chi connectivity index (χ0v) is 18.7. The summed E-state index contributed by atoms with van der Waals surface area (Å²) >= 11 is 6.14. The number of aliphatic hydroxyl groups excluding tert-OH is 1. The molecule has 3 aromatic rings. The monoisotopic (exact) mass is 464 g/mol. The van der Waals surface area contributed by atoms with E-state index in [1.807, 2.05) is 0 Å². The zero-order valence-electron chi connectivity index (χ0n) is 18.0. The van der Waals surface area contributed by atoms with Gasteiger partial charge in [0.2, 0.25) is 0 Å². The summed E-state index contributed by atoms with van der Waals surface area (Å²) in [5.41, 5.74) is 1.63. The van der Waals surface area contributed by atoms with Gasteiger partial charge in [-0.15, -0.1) is 0 Å². The normalized spacial score (nSPS) is 17.3. The Morgan fingerprint density at radius 2 is 1.73 bits per heavy atom. The van der Waals surface area contributed by atoms with Crippen LogP contribution in [0.4, 0.5) is 0 Å². The summed E-state index contributed by atoms with van der Waals surface area (Å²) in [4.78, 5) is 31.7. The van der Waals surface area contributed by atoms with E-state index < -0.39 is 17.7 Å². The van der Waals surface area contributed by atoms with Crippen LogP contribution in [-0.4, -0.2) is 40.9 Å². The van der Waals surface area contributed by atoms with Gasteiger partial charge in [-0.2, -0.15) is 0 Å². The van der Waals surface area contributed by atoms with Crippen molar-refractivity contribution in [1.29, 1.82) is 0 Å². The third-order valence-corrected chi connectivity index (χ3v) is 5.73. The number of nitrogens with zero attached hydrogens (tertiary/aromatic N) is 2. The molecule has 1 N–H and O–H groups in total. The van der Waals surface area contributed by atoms with Gasteiger partial charge in [-0.25, -0.2) is 0 Å². The number of aromatic nitrogens is 1. The maximum atomic E-state index is 13.2. The van der Waals surface area contributed by atoms with E-state index in [2.05, 4.69) is 4.98 Å². The minimum Gasteiger partial charge on any atom is -0.507 e. The minimum absolute atomic E-state index is 0.0419. The number of ketones is 1. The summed E-state index contributed by atoms with van der Waals surface area (Å²) in [5, 5.41) is 11.6. The first kappa shape index (κ1) is 22.4. The number of pyridine rings is 1. The van der Waals surface area contributed by atoms with E-state index in [9.17, 15) is 14.7 Å². The van der Waals surface area contributed by atoms with Crippen molar-refractivity contribution in [2.24, 2.45) is 0 Å². The van der Waals surface area contributed by atoms with Crippen molar-refractivity contribution in [3.63, 3.8) is 0 Å². The molecule has 8 heteroatoms. The van der Waals surface area contributed by atoms with Crippen LogP contribution in [0.2, 0.25) is 5.02 Å². The molecule has 0 spiro atoms. The maximum Gasteiger partial charge on any atom is 0.295 e. The molecule has 1 aliphatic rings. The van der Waals surface area contributed by atoms with Crippen LogP contribution in [0.25, 0.3) is 5.76 Å². The van der Waals surface area contributed by atoms with E-state index in [1.165, 1.54) is 18.1 Å². The van der Waals surface area contributed by atoms with Gasteiger partial charge in [-0.1, -0.05) is 23.7 Å². The molecule has 0 saturated carbocycles. The lowest BCUT2D eigenvalue weighted by Gasteiger charge is -2.25. The van der Waals surface area contributed by atoms with Crippen LogP contribution in [0.15, 0.2) is 72.6 Å². The van der Waals surface area contributed by atoms with E-state index in [0.717, 1.165) is 5.56 Å². The number of halogens is 1. The fraction of sp³-hybridized carbons (Fsp3) is 0.160. The number of amides is 1. The number of Topliss-reactive ketones (excluding diaryl/α,β-unsaturated/α-hetero) is 1. The number of rotatable bonds is 6. The predicted octanol–water partition coefficient (Wildman–Crippen LogP) is 4.37. The lowest BCUT2D eigenvalue weighted by atomic mass is 9.94. The molecule has 168 valence electrons. The maximum absolute atomic E-state index is 13.2. The summed E-state index contributed by atoms with van der Waals surface area (Å²) in [6.07, 6.45) is 3.23. The quantitative estimate of drug-likeness (QED) is 0.331. The number of likely N-dealkylation sites (tertiary alicyclic amines) is 1. The lowest BCUT2D eigenvalue weighted by molar-refractivity contribution is -0.140. The Bertz CT molecular complexity index is 1230. The zero-order chi connectivity index (χ0) is 23.5. The lowest BCUT2D eigenvalue weighted by Crippen LogP contribution is -2.29. The number of benzene rings is 2.